The summed E-state index contributed by atoms with van der Waals surface area (Å²) in [5.41, 5.74) is 1.98. The topological polar surface area (TPSA) is 65.3 Å². The molecule has 1 aromatic carbocycles. The van der Waals surface area contributed by atoms with Crippen molar-refractivity contribution in [2.45, 2.75) is 51.4 Å². The molecule has 1 aliphatic carbocycles. The Hall–Kier alpha value is -3.23. The Morgan fingerprint density at radius 3 is 2.47 bits per heavy atom. The van der Waals surface area contributed by atoms with Crippen LogP contribution in [0.5, 0.6) is 0 Å². The van der Waals surface area contributed by atoms with Crippen LogP contribution >= 0.6 is 0 Å². The molecule has 0 spiro atoms. The summed E-state index contributed by atoms with van der Waals surface area (Å²) in [6.07, 6.45) is 1.10. The summed E-state index contributed by atoms with van der Waals surface area (Å²) in [5.74, 6) is -2.33. The van der Waals surface area contributed by atoms with Gasteiger partial charge in [0.2, 0.25) is 0 Å². The van der Waals surface area contributed by atoms with E-state index < -0.39 is 36.0 Å². The van der Waals surface area contributed by atoms with Gasteiger partial charge in [0.15, 0.2) is 0 Å². The molecule has 3 aliphatic rings. The fraction of sp³-hybridized carbons (Fsp3) is 0.440. The molecule has 2 aliphatic heterocycles. The molecule has 0 saturated carbocycles. The number of amides is 3. The average Bonchev–Trinajstić information content (AvgIpc) is 2.98. The highest BCUT2D eigenvalue weighted by atomic mass is 19.4. The normalized spacial score (nSPS) is 24.1. The third-order valence-electron chi connectivity index (χ3n) is 6.71. The number of nitrogens with zero attached hydrogens (tertiary/aromatic N) is 4. The number of benzene rings is 1. The zero-order valence-electron chi connectivity index (χ0n) is 19.4. The van der Waals surface area contributed by atoms with Crippen molar-refractivity contribution >= 4 is 29.4 Å². The van der Waals surface area contributed by atoms with Gasteiger partial charge in [-0.3, -0.25) is 14.8 Å². The van der Waals surface area contributed by atoms with Crippen LogP contribution in [-0.4, -0.2) is 59.0 Å². The number of alkyl halides is 3. The summed E-state index contributed by atoms with van der Waals surface area (Å²) in [6, 6.07) is 7.14. The zero-order chi connectivity index (χ0) is 24.7. The number of hydrogen-bond donors (Lipinski definition) is 0. The Morgan fingerprint density at radius 1 is 1.18 bits per heavy atom. The number of rotatable bonds is 4. The molecule has 1 aromatic rings. The molecule has 0 radical (unpaired) electrons. The zero-order valence-corrected chi connectivity index (χ0v) is 19.4. The number of aliphatic imine (C=N–C) groups is 2. The number of hydrogen-bond acceptors (Lipinski definition) is 4. The molecule has 2 heterocycles. The highest BCUT2D eigenvalue weighted by Crippen LogP contribution is 2.40. The van der Waals surface area contributed by atoms with Crippen molar-refractivity contribution in [2.75, 3.05) is 13.6 Å². The summed E-state index contributed by atoms with van der Waals surface area (Å²) < 4.78 is 40.8. The highest BCUT2D eigenvalue weighted by Gasteiger charge is 2.54. The lowest BCUT2D eigenvalue weighted by molar-refractivity contribution is -0.157. The summed E-state index contributed by atoms with van der Waals surface area (Å²) in [7, 11) is 1.33. The number of imide groups is 1. The van der Waals surface area contributed by atoms with Gasteiger partial charge in [0.1, 0.15) is 5.54 Å². The van der Waals surface area contributed by atoms with Gasteiger partial charge in [-0.25, -0.2) is 9.69 Å². The monoisotopic (exact) mass is 472 g/mol. The van der Waals surface area contributed by atoms with Gasteiger partial charge in [-0.15, -0.1) is 0 Å². The standard InChI is InChI=1S/C25H27F3N4O2/c1-24(2)22(33)32(19-8-9-21(29-3)20(14-19)25(26,27)28)23(34)31(24)15-16-4-6-17(7-5-16)18-10-12-30-13-11-18/h4-8,10,12,20H,9,11,13-15H2,1-3H3. The first-order valence-electron chi connectivity index (χ1n) is 11.2. The lowest BCUT2D eigenvalue weighted by Crippen LogP contribution is -2.43. The second-order valence-electron chi connectivity index (χ2n) is 9.18. The minimum Gasteiger partial charge on any atom is -0.305 e. The van der Waals surface area contributed by atoms with Gasteiger partial charge in [0.25, 0.3) is 5.91 Å². The van der Waals surface area contributed by atoms with E-state index in [1.807, 2.05) is 30.3 Å². The second kappa shape index (κ2) is 8.85. The largest absolute Gasteiger partial charge is 0.397 e. The van der Waals surface area contributed by atoms with Crippen molar-refractivity contribution in [1.29, 1.82) is 0 Å². The van der Waals surface area contributed by atoms with Crippen LogP contribution in [0.3, 0.4) is 0 Å². The lowest BCUT2D eigenvalue weighted by Gasteiger charge is -2.29. The first kappa shape index (κ1) is 23.9. The van der Waals surface area contributed by atoms with E-state index in [1.165, 1.54) is 23.6 Å². The van der Waals surface area contributed by atoms with Gasteiger partial charge in [-0.05, 0) is 43.0 Å². The molecule has 1 saturated heterocycles. The first-order chi connectivity index (χ1) is 16.0. The molecule has 0 bridgehead atoms. The molecular weight excluding hydrogens is 445 g/mol. The maximum Gasteiger partial charge on any atom is 0.397 e. The first-order valence-corrected chi connectivity index (χ1v) is 11.2. The van der Waals surface area contributed by atoms with E-state index in [-0.39, 0.29) is 24.4 Å². The van der Waals surface area contributed by atoms with E-state index in [9.17, 15) is 22.8 Å². The number of allylic oxidation sites excluding steroid dienone is 3. The summed E-state index contributed by atoms with van der Waals surface area (Å²) in [4.78, 5) is 36.8. The number of dihydropyridines is 1. The molecule has 4 rings (SSSR count). The molecule has 0 N–H and O–H groups in total. The second-order valence-corrected chi connectivity index (χ2v) is 9.18. The Bertz CT molecular complexity index is 1110. The number of halogens is 3. The van der Waals surface area contributed by atoms with E-state index >= 15 is 0 Å². The van der Waals surface area contributed by atoms with Crippen LogP contribution in [0.15, 0.2) is 52.1 Å². The van der Waals surface area contributed by atoms with E-state index in [4.69, 9.17) is 0 Å². The van der Waals surface area contributed by atoms with Gasteiger partial charge in [-0.2, -0.15) is 13.2 Å². The van der Waals surface area contributed by atoms with Crippen LogP contribution in [0, 0.1) is 5.92 Å². The van der Waals surface area contributed by atoms with Crippen LogP contribution in [0.2, 0.25) is 0 Å². The molecule has 1 unspecified atom stereocenters. The Morgan fingerprint density at radius 2 is 1.88 bits per heavy atom. The van der Waals surface area contributed by atoms with Gasteiger partial charge < -0.3 is 4.90 Å². The molecule has 6 nitrogen and oxygen atoms in total. The van der Waals surface area contributed by atoms with Crippen LogP contribution < -0.4 is 0 Å². The van der Waals surface area contributed by atoms with Gasteiger partial charge in [-0.1, -0.05) is 30.3 Å². The van der Waals surface area contributed by atoms with Crippen LogP contribution in [0.4, 0.5) is 18.0 Å². The number of urea groups is 1. The maximum atomic E-state index is 13.6. The fourth-order valence-corrected chi connectivity index (χ4v) is 4.60. The maximum absolute atomic E-state index is 13.6. The van der Waals surface area contributed by atoms with E-state index in [0.717, 1.165) is 29.0 Å². The minimum absolute atomic E-state index is 0.00547. The smallest absolute Gasteiger partial charge is 0.305 e. The van der Waals surface area contributed by atoms with Crippen LogP contribution in [0.25, 0.3) is 5.57 Å². The molecule has 34 heavy (non-hydrogen) atoms. The molecule has 1 atom stereocenters. The van der Waals surface area contributed by atoms with E-state index in [2.05, 4.69) is 9.98 Å². The molecule has 9 heteroatoms. The number of carbonyl (C=O) groups is 2. The van der Waals surface area contributed by atoms with Gasteiger partial charge in [0, 0.05) is 50.6 Å². The molecule has 1 fully saturated rings. The number of carbonyl (C=O) groups excluding carboxylic acids is 2. The van der Waals surface area contributed by atoms with Gasteiger partial charge in [0.05, 0.1) is 5.92 Å². The van der Waals surface area contributed by atoms with Crippen molar-refractivity contribution in [3.63, 3.8) is 0 Å². The van der Waals surface area contributed by atoms with Crippen molar-refractivity contribution in [3.05, 3.63) is 53.2 Å². The third-order valence-corrected chi connectivity index (χ3v) is 6.71. The predicted octanol–water partition coefficient (Wildman–Crippen LogP) is 5.01. The molecule has 180 valence electrons. The van der Waals surface area contributed by atoms with Crippen molar-refractivity contribution in [2.24, 2.45) is 15.9 Å². The van der Waals surface area contributed by atoms with Crippen LogP contribution in [-0.2, 0) is 11.3 Å². The Labute approximate surface area is 196 Å². The van der Waals surface area contributed by atoms with Crippen molar-refractivity contribution in [1.82, 2.24) is 9.80 Å². The summed E-state index contributed by atoms with van der Waals surface area (Å²) in [5, 5.41) is 0. The van der Waals surface area contributed by atoms with E-state index in [0.29, 0.717) is 0 Å². The SMILES string of the molecule is CN=C1CC=C(N2C(=O)N(Cc3ccc(C4=CC=NCC4)cc3)C(C)(C)C2=O)CC1C(F)(F)F. The summed E-state index contributed by atoms with van der Waals surface area (Å²) in [6.45, 7) is 4.17. The van der Waals surface area contributed by atoms with Gasteiger partial charge >= 0.3 is 12.2 Å². The molecule has 0 aromatic heterocycles. The Kier molecular flexibility index (Phi) is 6.22. The molecule has 3 amide bonds. The average molecular weight is 473 g/mol. The fourth-order valence-electron chi connectivity index (χ4n) is 4.60. The summed E-state index contributed by atoms with van der Waals surface area (Å²) >= 11 is 0. The van der Waals surface area contributed by atoms with E-state index in [1.54, 1.807) is 20.1 Å². The lowest BCUT2D eigenvalue weighted by atomic mass is 9.88. The quantitative estimate of drug-likeness (QED) is 0.578. The highest BCUT2D eigenvalue weighted by molar-refractivity contribution is 6.08. The van der Waals surface area contributed by atoms with Crippen LogP contribution in [0.1, 0.15) is 44.2 Å². The van der Waals surface area contributed by atoms with Crippen molar-refractivity contribution < 1.29 is 22.8 Å². The third kappa shape index (κ3) is 4.31. The molecular formula is C25H27F3N4O2. The Balaban J connectivity index is 1.56. The predicted molar refractivity (Wildman–Crippen MR) is 124 cm³/mol. The van der Waals surface area contributed by atoms with Crippen molar-refractivity contribution in [3.8, 4) is 0 Å². The minimum atomic E-state index is -4.50.